The van der Waals surface area contributed by atoms with E-state index < -0.39 is 0 Å². The minimum Gasteiger partial charge on any atom is -0.249 e. The molecule has 0 unspecified atom stereocenters. The smallest absolute Gasteiger partial charge is 0.0950 e. The fourth-order valence-corrected chi connectivity index (χ4v) is 1.82. The normalized spacial score (nSPS) is 14.0. The van der Waals surface area contributed by atoms with Crippen LogP contribution in [0.4, 0.5) is 0 Å². The quantitative estimate of drug-likeness (QED) is 0.772. The molecule has 1 aliphatic heterocycles. The third-order valence-corrected chi connectivity index (χ3v) is 3.26. The van der Waals surface area contributed by atoms with Crippen molar-refractivity contribution >= 4 is 23.3 Å². The molecular weight excluding hydrogens is 218 g/mol. The van der Waals surface area contributed by atoms with E-state index in [-0.39, 0.29) is 0 Å². The van der Waals surface area contributed by atoms with Gasteiger partial charge in [-0.05, 0) is 5.92 Å². The minimum absolute atomic E-state index is 0.567. The molecule has 0 bridgehead atoms. The Bertz CT molecular complexity index is 350. The first-order valence-corrected chi connectivity index (χ1v) is 6.46. The van der Waals surface area contributed by atoms with E-state index in [1.165, 1.54) is 10.7 Å². The number of hydrogen-bond donors (Lipinski definition) is 0. The van der Waals surface area contributed by atoms with Gasteiger partial charge in [0.05, 0.1) is 5.01 Å². The van der Waals surface area contributed by atoms with Gasteiger partial charge < -0.3 is 0 Å². The van der Waals surface area contributed by atoms with E-state index in [1.54, 1.807) is 11.3 Å². The molecule has 0 aliphatic carbocycles. The molecule has 1 aromatic heterocycles. The third kappa shape index (κ3) is 4.23. The Hall–Kier alpha value is -1.03. The van der Waals surface area contributed by atoms with E-state index in [9.17, 15) is 0 Å². The SMILES string of the molecule is CC(C)C1=NN=CC1.CC(C)c1nccs1. The second-order valence-corrected chi connectivity index (χ2v) is 5.20. The molecule has 0 spiro atoms. The summed E-state index contributed by atoms with van der Waals surface area (Å²) >= 11 is 1.72. The Kier molecular flexibility index (Phi) is 5.32. The standard InChI is InChI=1S/C6H10N2.C6H9NS/c1-5(2)6-3-4-7-8-6;1-5(2)6-7-3-4-8-6/h4-5H,3H2,1-2H3;3-5H,1-2H3. The first-order valence-electron chi connectivity index (χ1n) is 5.59. The Morgan fingerprint density at radius 2 is 1.94 bits per heavy atom. The lowest BCUT2D eigenvalue weighted by atomic mass is 10.1. The van der Waals surface area contributed by atoms with Crippen molar-refractivity contribution in [2.45, 2.75) is 40.0 Å². The van der Waals surface area contributed by atoms with Crippen molar-refractivity contribution in [3.05, 3.63) is 16.6 Å². The van der Waals surface area contributed by atoms with Crippen LogP contribution in [-0.4, -0.2) is 16.9 Å². The number of rotatable bonds is 2. The van der Waals surface area contributed by atoms with Crippen molar-refractivity contribution in [3.63, 3.8) is 0 Å². The molecule has 2 heterocycles. The topological polar surface area (TPSA) is 37.6 Å². The van der Waals surface area contributed by atoms with Gasteiger partial charge >= 0.3 is 0 Å². The molecule has 0 N–H and O–H groups in total. The Balaban J connectivity index is 0.000000160. The Morgan fingerprint density at radius 3 is 2.19 bits per heavy atom. The summed E-state index contributed by atoms with van der Waals surface area (Å²) < 4.78 is 0. The van der Waals surface area contributed by atoms with Gasteiger partial charge in [0.2, 0.25) is 0 Å². The molecule has 1 aromatic rings. The second kappa shape index (κ2) is 6.53. The van der Waals surface area contributed by atoms with E-state index >= 15 is 0 Å². The molecule has 4 heteroatoms. The van der Waals surface area contributed by atoms with Gasteiger partial charge in [0.25, 0.3) is 0 Å². The zero-order valence-corrected chi connectivity index (χ0v) is 11.2. The molecule has 0 amide bonds. The van der Waals surface area contributed by atoms with E-state index in [0.29, 0.717) is 11.8 Å². The lowest BCUT2D eigenvalue weighted by molar-refractivity contribution is 0.852. The maximum Gasteiger partial charge on any atom is 0.0950 e. The molecular formula is C12H19N3S. The molecule has 88 valence electrons. The van der Waals surface area contributed by atoms with Crippen LogP contribution < -0.4 is 0 Å². The summed E-state index contributed by atoms with van der Waals surface area (Å²) in [7, 11) is 0. The van der Waals surface area contributed by atoms with Gasteiger partial charge in [-0.25, -0.2) is 4.98 Å². The van der Waals surface area contributed by atoms with Crippen molar-refractivity contribution in [1.82, 2.24) is 4.98 Å². The molecule has 0 saturated heterocycles. The van der Waals surface area contributed by atoms with E-state index in [1.807, 2.05) is 17.8 Å². The predicted octanol–water partition coefficient (Wildman–Crippen LogP) is 3.74. The van der Waals surface area contributed by atoms with E-state index in [4.69, 9.17) is 0 Å². The van der Waals surface area contributed by atoms with Crippen molar-refractivity contribution < 1.29 is 0 Å². The number of thiazole rings is 1. The van der Waals surface area contributed by atoms with Crippen LogP contribution in [0.1, 0.15) is 45.0 Å². The van der Waals surface area contributed by atoms with Crippen LogP contribution in [0.15, 0.2) is 21.8 Å². The van der Waals surface area contributed by atoms with Crippen LogP contribution in [-0.2, 0) is 0 Å². The van der Waals surface area contributed by atoms with Gasteiger partial charge in [0, 0.05) is 35.8 Å². The lowest BCUT2D eigenvalue weighted by Gasteiger charge is -1.98. The fourth-order valence-electron chi connectivity index (χ4n) is 1.16. The van der Waals surface area contributed by atoms with Crippen molar-refractivity contribution in [2.75, 3.05) is 0 Å². The van der Waals surface area contributed by atoms with Crippen LogP contribution in [0.2, 0.25) is 0 Å². The largest absolute Gasteiger partial charge is 0.249 e. The van der Waals surface area contributed by atoms with Crippen LogP contribution in [0.3, 0.4) is 0 Å². The highest BCUT2D eigenvalue weighted by Crippen LogP contribution is 2.15. The summed E-state index contributed by atoms with van der Waals surface area (Å²) in [6.45, 7) is 8.57. The summed E-state index contributed by atoms with van der Waals surface area (Å²) in [5, 5.41) is 10.9. The number of hydrogen-bond acceptors (Lipinski definition) is 4. The fraction of sp³-hybridized carbons (Fsp3) is 0.583. The van der Waals surface area contributed by atoms with E-state index in [2.05, 4.69) is 42.9 Å². The summed E-state index contributed by atoms with van der Waals surface area (Å²) in [4.78, 5) is 4.13. The molecule has 0 saturated carbocycles. The summed E-state index contributed by atoms with van der Waals surface area (Å²) in [6, 6.07) is 0. The highest BCUT2D eigenvalue weighted by atomic mass is 32.1. The van der Waals surface area contributed by atoms with Crippen LogP contribution in [0, 0.1) is 5.92 Å². The Labute approximate surface area is 101 Å². The summed E-state index contributed by atoms with van der Waals surface area (Å²) in [5.41, 5.74) is 1.20. The first-order chi connectivity index (χ1) is 7.61. The molecule has 16 heavy (non-hydrogen) atoms. The second-order valence-electron chi connectivity index (χ2n) is 4.27. The van der Waals surface area contributed by atoms with Gasteiger partial charge in [0.15, 0.2) is 0 Å². The average Bonchev–Trinajstić information content (AvgIpc) is 2.93. The maximum absolute atomic E-state index is 4.13. The molecule has 0 fully saturated rings. The Morgan fingerprint density at radius 1 is 1.19 bits per heavy atom. The summed E-state index contributed by atoms with van der Waals surface area (Å²) in [5.74, 6) is 1.16. The number of nitrogens with zero attached hydrogens (tertiary/aromatic N) is 3. The molecule has 0 aromatic carbocycles. The maximum atomic E-state index is 4.13. The van der Waals surface area contributed by atoms with Crippen LogP contribution in [0.5, 0.6) is 0 Å². The van der Waals surface area contributed by atoms with Crippen molar-refractivity contribution in [2.24, 2.45) is 16.1 Å². The third-order valence-electron chi connectivity index (χ3n) is 2.18. The summed E-state index contributed by atoms with van der Waals surface area (Å²) in [6.07, 6.45) is 4.65. The van der Waals surface area contributed by atoms with Gasteiger partial charge in [-0.2, -0.15) is 10.2 Å². The molecule has 1 aliphatic rings. The molecule has 2 rings (SSSR count). The van der Waals surface area contributed by atoms with E-state index in [0.717, 1.165) is 6.42 Å². The van der Waals surface area contributed by atoms with Gasteiger partial charge in [-0.3, -0.25) is 0 Å². The molecule has 0 atom stereocenters. The molecule has 3 nitrogen and oxygen atoms in total. The van der Waals surface area contributed by atoms with Gasteiger partial charge in [0.1, 0.15) is 0 Å². The lowest BCUT2D eigenvalue weighted by Crippen LogP contribution is -2.03. The highest BCUT2D eigenvalue weighted by Gasteiger charge is 2.05. The van der Waals surface area contributed by atoms with Crippen molar-refractivity contribution in [1.29, 1.82) is 0 Å². The molecule has 0 radical (unpaired) electrons. The van der Waals surface area contributed by atoms with Crippen LogP contribution >= 0.6 is 11.3 Å². The number of aromatic nitrogens is 1. The zero-order chi connectivity index (χ0) is 12.0. The predicted molar refractivity (Wildman–Crippen MR) is 71.6 cm³/mol. The minimum atomic E-state index is 0.567. The first kappa shape index (κ1) is 13.0. The average molecular weight is 237 g/mol. The van der Waals surface area contributed by atoms with Gasteiger partial charge in [-0.15, -0.1) is 11.3 Å². The van der Waals surface area contributed by atoms with Gasteiger partial charge in [-0.1, -0.05) is 27.7 Å². The zero-order valence-electron chi connectivity index (χ0n) is 10.3. The van der Waals surface area contributed by atoms with Crippen LogP contribution in [0.25, 0.3) is 0 Å². The van der Waals surface area contributed by atoms with Crippen molar-refractivity contribution in [3.8, 4) is 0 Å². The monoisotopic (exact) mass is 237 g/mol. The highest BCUT2D eigenvalue weighted by molar-refractivity contribution is 7.09.